The standard InChI is InChI=1S/C20H20ClN3O3S/c1-11-17(19(25)23-14-7-5-13(21)6-8-14)18(24-20(28)22-11)12-4-9-15(26-2)16(10-12)27-3/h4-10,18H,1-3H3,(H,23,25)(H2,22,24,28)/t18-/m0/s1. The lowest BCUT2D eigenvalue weighted by atomic mass is 9.94. The number of methoxy groups -OCH3 is 2. The molecule has 0 bridgehead atoms. The summed E-state index contributed by atoms with van der Waals surface area (Å²) in [7, 11) is 3.14. The maximum atomic E-state index is 13.0. The van der Waals surface area contributed by atoms with Gasteiger partial charge in [0.2, 0.25) is 0 Å². The van der Waals surface area contributed by atoms with Gasteiger partial charge >= 0.3 is 0 Å². The first-order chi connectivity index (χ1) is 13.4. The van der Waals surface area contributed by atoms with Crippen LogP contribution in [-0.4, -0.2) is 25.2 Å². The van der Waals surface area contributed by atoms with E-state index < -0.39 is 6.04 Å². The van der Waals surface area contributed by atoms with Crippen molar-refractivity contribution in [1.29, 1.82) is 0 Å². The molecule has 0 radical (unpaired) electrons. The molecule has 28 heavy (non-hydrogen) atoms. The smallest absolute Gasteiger partial charge is 0.255 e. The molecule has 2 aromatic rings. The molecule has 146 valence electrons. The fraction of sp³-hybridized carbons (Fsp3) is 0.200. The number of rotatable bonds is 5. The highest BCUT2D eigenvalue weighted by molar-refractivity contribution is 7.80. The lowest BCUT2D eigenvalue weighted by molar-refractivity contribution is -0.113. The van der Waals surface area contributed by atoms with Gasteiger partial charge in [-0.3, -0.25) is 4.79 Å². The van der Waals surface area contributed by atoms with Crippen molar-refractivity contribution in [2.24, 2.45) is 0 Å². The van der Waals surface area contributed by atoms with Crippen LogP contribution in [0.5, 0.6) is 11.5 Å². The second-order valence-corrected chi connectivity index (χ2v) is 6.99. The van der Waals surface area contributed by atoms with Gasteiger partial charge in [-0.1, -0.05) is 17.7 Å². The Morgan fingerprint density at radius 1 is 1.11 bits per heavy atom. The van der Waals surface area contributed by atoms with Crippen molar-refractivity contribution in [3.8, 4) is 11.5 Å². The summed E-state index contributed by atoms with van der Waals surface area (Å²) in [5.74, 6) is 0.930. The van der Waals surface area contributed by atoms with E-state index in [2.05, 4.69) is 16.0 Å². The number of carbonyl (C=O) groups excluding carboxylic acids is 1. The summed E-state index contributed by atoms with van der Waals surface area (Å²) in [5.41, 5.74) is 2.67. The highest BCUT2D eigenvalue weighted by atomic mass is 35.5. The highest BCUT2D eigenvalue weighted by Gasteiger charge is 2.30. The summed E-state index contributed by atoms with van der Waals surface area (Å²) in [5, 5.41) is 10.1. The van der Waals surface area contributed by atoms with E-state index in [1.807, 2.05) is 19.1 Å². The second kappa shape index (κ2) is 8.50. The molecule has 0 saturated carbocycles. The molecule has 0 saturated heterocycles. The Morgan fingerprint density at radius 3 is 2.43 bits per heavy atom. The van der Waals surface area contributed by atoms with E-state index in [0.29, 0.717) is 38.6 Å². The first kappa shape index (κ1) is 20.0. The van der Waals surface area contributed by atoms with Crippen molar-refractivity contribution in [1.82, 2.24) is 10.6 Å². The number of benzene rings is 2. The third-order valence-corrected chi connectivity index (χ3v) is 4.83. The van der Waals surface area contributed by atoms with Crippen LogP contribution >= 0.6 is 23.8 Å². The van der Waals surface area contributed by atoms with E-state index in [9.17, 15) is 4.79 Å². The fourth-order valence-corrected chi connectivity index (χ4v) is 3.41. The normalized spacial score (nSPS) is 16.1. The summed E-state index contributed by atoms with van der Waals surface area (Å²) >= 11 is 11.2. The molecule has 8 heteroatoms. The number of amides is 1. The summed E-state index contributed by atoms with van der Waals surface area (Å²) < 4.78 is 10.7. The third-order valence-electron chi connectivity index (χ3n) is 4.36. The molecule has 3 rings (SSSR count). The van der Waals surface area contributed by atoms with E-state index >= 15 is 0 Å². The van der Waals surface area contributed by atoms with Crippen LogP contribution in [0.15, 0.2) is 53.7 Å². The molecular weight excluding hydrogens is 398 g/mol. The molecule has 1 atom stereocenters. The Hall–Kier alpha value is -2.77. The molecule has 1 aliphatic heterocycles. The largest absolute Gasteiger partial charge is 0.493 e. The Morgan fingerprint density at radius 2 is 1.79 bits per heavy atom. The van der Waals surface area contributed by atoms with Gasteiger partial charge in [0.05, 0.1) is 25.8 Å². The molecule has 1 amide bonds. The van der Waals surface area contributed by atoms with Crippen LogP contribution in [0.4, 0.5) is 5.69 Å². The van der Waals surface area contributed by atoms with Crippen molar-refractivity contribution >= 4 is 40.5 Å². The minimum atomic E-state index is -0.444. The number of nitrogens with one attached hydrogen (secondary N) is 3. The minimum Gasteiger partial charge on any atom is -0.493 e. The summed E-state index contributed by atoms with van der Waals surface area (Å²) in [6.45, 7) is 1.82. The monoisotopic (exact) mass is 417 g/mol. The molecule has 0 aliphatic carbocycles. The van der Waals surface area contributed by atoms with Crippen LogP contribution in [0.2, 0.25) is 5.02 Å². The third kappa shape index (κ3) is 4.21. The number of halogens is 1. The molecule has 1 aliphatic rings. The van der Waals surface area contributed by atoms with E-state index in [1.165, 1.54) is 0 Å². The molecule has 0 fully saturated rings. The Balaban J connectivity index is 1.96. The molecule has 1 heterocycles. The molecule has 0 unspecified atom stereocenters. The van der Waals surface area contributed by atoms with Gasteiger partial charge in [0, 0.05) is 16.4 Å². The fourth-order valence-electron chi connectivity index (χ4n) is 3.01. The Kier molecular flexibility index (Phi) is 6.06. The quantitative estimate of drug-likeness (QED) is 0.643. The topological polar surface area (TPSA) is 71.6 Å². The van der Waals surface area contributed by atoms with Crippen LogP contribution in [0, 0.1) is 0 Å². The summed E-state index contributed by atoms with van der Waals surface area (Å²) in [4.78, 5) is 13.0. The van der Waals surface area contributed by atoms with Gasteiger partial charge < -0.3 is 25.4 Å². The zero-order valence-electron chi connectivity index (χ0n) is 15.6. The first-order valence-electron chi connectivity index (χ1n) is 8.50. The minimum absolute atomic E-state index is 0.248. The number of hydrogen-bond donors (Lipinski definition) is 3. The van der Waals surface area contributed by atoms with Crippen molar-refractivity contribution in [3.63, 3.8) is 0 Å². The molecule has 0 aromatic heterocycles. The predicted molar refractivity (Wildman–Crippen MR) is 114 cm³/mol. The average molecular weight is 418 g/mol. The Bertz CT molecular complexity index is 944. The number of hydrogen-bond acceptors (Lipinski definition) is 4. The van der Waals surface area contributed by atoms with Crippen LogP contribution in [0.25, 0.3) is 0 Å². The van der Waals surface area contributed by atoms with Crippen molar-refractivity contribution in [3.05, 3.63) is 64.3 Å². The van der Waals surface area contributed by atoms with E-state index in [-0.39, 0.29) is 5.91 Å². The van der Waals surface area contributed by atoms with E-state index in [4.69, 9.17) is 33.3 Å². The Labute approximate surface area is 173 Å². The number of carbonyl (C=O) groups is 1. The van der Waals surface area contributed by atoms with Crippen LogP contribution < -0.4 is 25.4 Å². The zero-order valence-corrected chi connectivity index (χ0v) is 17.2. The van der Waals surface area contributed by atoms with Gasteiger partial charge in [-0.25, -0.2) is 0 Å². The SMILES string of the molecule is COc1ccc([C@@H]2NC(=S)NC(C)=C2C(=O)Nc2ccc(Cl)cc2)cc1OC. The van der Waals surface area contributed by atoms with Gasteiger partial charge in [-0.05, 0) is 61.1 Å². The molecule has 0 spiro atoms. The summed E-state index contributed by atoms with van der Waals surface area (Å²) in [6, 6.07) is 12.0. The van der Waals surface area contributed by atoms with E-state index in [1.54, 1.807) is 44.6 Å². The molecule has 6 nitrogen and oxygen atoms in total. The van der Waals surface area contributed by atoms with Gasteiger partial charge in [0.25, 0.3) is 5.91 Å². The first-order valence-corrected chi connectivity index (χ1v) is 9.28. The van der Waals surface area contributed by atoms with Crippen LogP contribution in [0.3, 0.4) is 0 Å². The number of allylic oxidation sites excluding steroid dienone is 1. The lowest BCUT2D eigenvalue weighted by Crippen LogP contribution is -2.45. The molecular formula is C20H20ClN3O3S. The lowest BCUT2D eigenvalue weighted by Gasteiger charge is -2.30. The van der Waals surface area contributed by atoms with Crippen molar-refractivity contribution < 1.29 is 14.3 Å². The van der Waals surface area contributed by atoms with Crippen LogP contribution in [0.1, 0.15) is 18.5 Å². The van der Waals surface area contributed by atoms with Gasteiger partial charge in [0.1, 0.15) is 0 Å². The number of thiocarbonyl (C=S) groups is 1. The number of ether oxygens (including phenoxy) is 2. The maximum absolute atomic E-state index is 13.0. The molecule has 2 aromatic carbocycles. The van der Waals surface area contributed by atoms with Crippen molar-refractivity contribution in [2.45, 2.75) is 13.0 Å². The average Bonchev–Trinajstić information content (AvgIpc) is 2.68. The van der Waals surface area contributed by atoms with Crippen molar-refractivity contribution in [2.75, 3.05) is 19.5 Å². The van der Waals surface area contributed by atoms with E-state index in [0.717, 1.165) is 5.56 Å². The second-order valence-electron chi connectivity index (χ2n) is 6.15. The maximum Gasteiger partial charge on any atom is 0.255 e. The molecule has 3 N–H and O–H groups in total. The van der Waals surface area contributed by atoms with Crippen LogP contribution in [-0.2, 0) is 4.79 Å². The summed E-state index contributed by atoms with van der Waals surface area (Å²) in [6.07, 6.45) is 0. The van der Waals surface area contributed by atoms with Gasteiger partial charge in [-0.2, -0.15) is 0 Å². The van der Waals surface area contributed by atoms with Gasteiger partial charge in [0.15, 0.2) is 16.6 Å². The van der Waals surface area contributed by atoms with Gasteiger partial charge in [-0.15, -0.1) is 0 Å². The highest BCUT2D eigenvalue weighted by Crippen LogP contribution is 2.34. The predicted octanol–water partition coefficient (Wildman–Crippen LogP) is 3.79. The number of anilines is 1. The zero-order chi connectivity index (χ0) is 20.3.